The summed E-state index contributed by atoms with van der Waals surface area (Å²) in [6, 6.07) is 0. The first-order valence-electron chi connectivity index (χ1n) is 6.17. The first-order valence-corrected chi connectivity index (χ1v) is 6.17. The average Bonchev–Trinajstić information content (AvgIpc) is 2.95. The number of amides is 2. The number of aromatic nitrogens is 2. The van der Waals surface area contributed by atoms with E-state index in [0.29, 0.717) is 19.7 Å². The molecule has 2 amide bonds. The van der Waals surface area contributed by atoms with E-state index in [-0.39, 0.29) is 24.2 Å². The zero-order valence-corrected chi connectivity index (χ0v) is 11.1. The molecule has 7 nitrogen and oxygen atoms in total. The fourth-order valence-electron chi connectivity index (χ4n) is 2.10. The molecule has 0 saturated carbocycles. The summed E-state index contributed by atoms with van der Waals surface area (Å²) in [5, 5.41) is 6.79. The monoisotopic (exact) mass is 266 g/mol. The highest BCUT2D eigenvalue weighted by Gasteiger charge is 2.35. The highest BCUT2D eigenvalue weighted by atomic mass is 16.5. The molecule has 2 heterocycles. The molecule has 0 radical (unpaired) electrons. The Morgan fingerprint density at radius 2 is 2.42 bits per heavy atom. The van der Waals surface area contributed by atoms with Crippen LogP contribution >= 0.6 is 0 Å². The van der Waals surface area contributed by atoms with Gasteiger partial charge in [-0.1, -0.05) is 0 Å². The number of aryl methyl sites for hydroxylation is 1. The molecule has 1 aliphatic heterocycles. The van der Waals surface area contributed by atoms with E-state index in [0.717, 1.165) is 5.69 Å². The van der Waals surface area contributed by atoms with Gasteiger partial charge in [0.05, 0.1) is 24.4 Å². The number of hydrogen-bond acceptors (Lipinski definition) is 4. The van der Waals surface area contributed by atoms with Crippen LogP contribution in [0.15, 0.2) is 12.4 Å². The topological polar surface area (TPSA) is 76.5 Å². The van der Waals surface area contributed by atoms with Gasteiger partial charge in [0.1, 0.15) is 0 Å². The van der Waals surface area contributed by atoms with E-state index in [1.807, 2.05) is 0 Å². The van der Waals surface area contributed by atoms with Crippen LogP contribution in [-0.4, -0.2) is 48.4 Å². The Kier molecular flexibility index (Phi) is 4.16. The Hall–Kier alpha value is -1.89. The molecule has 1 N–H and O–H groups in total. The number of hydrogen-bond donors (Lipinski definition) is 1. The van der Waals surface area contributed by atoms with Crippen molar-refractivity contribution in [1.82, 2.24) is 15.1 Å². The van der Waals surface area contributed by atoms with E-state index in [4.69, 9.17) is 4.74 Å². The largest absolute Gasteiger partial charge is 0.383 e. The lowest BCUT2D eigenvalue weighted by Gasteiger charge is -2.14. The van der Waals surface area contributed by atoms with Crippen molar-refractivity contribution >= 4 is 17.5 Å². The van der Waals surface area contributed by atoms with E-state index in [1.54, 1.807) is 36.1 Å². The summed E-state index contributed by atoms with van der Waals surface area (Å²) in [6.45, 7) is 1.34. The van der Waals surface area contributed by atoms with Crippen molar-refractivity contribution in [3.8, 4) is 0 Å². The molecule has 0 unspecified atom stereocenters. The van der Waals surface area contributed by atoms with Gasteiger partial charge in [-0.3, -0.25) is 14.3 Å². The minimum Gasteiger partial charge on any atom is -0.383 e. The van der Waals surface area contributed by atoms with Gasteiger partial charge in [-0.25, -0.2) is 0 Å². The van der Waals surface area contributed by atoms with Gasteiger partial charge in [-0.05, 0) is 0 Å². The van der Waals surface area contributed by atoms with E-state index >= 15 is 0 Å². The van der Waals surface area contributed by atoms with Gasteiger partial charge in [-0.2, -0.15) is 5.10 Å². The zero-order chi connectivity index (χ0) is 13.8. The standard InChI is InChI=1S/C12H18N4O3/c1-15-8-10(6-14-15)16-7-9(5-11(16)17)12(18)13-3-4-19-2/h6,8-9H,3-5,7H2,1-2H3,(H,13,18)/t9-/m0/s1. The van der Waals surface area contributed by atoms with Gasteiger partial charge in [-0.15, -0.1) is 0 Å². The highest BCUT2D eigenvalue weighted by molar-refractivity contribution is 6.00. The van der Waals surface area contributed by atoms with E-state index in [2.05, 4.69) is 10.4 Å². The highest BCUT2D eigenvalue weighted by Crippen LogP contribution is 2.24. The molecule has 2 rings (SSSR count). The molecule has 0 spiro atoms. The van der Waals surface area contributed by atoms with Gasteiger partial charge in [0.2, 0.25) is 11.8 Å². The quantitative estimate of drug-likeness (QED) is 0.731. The number of methoxy groups -OCH3 is 1. The number of anilines is 1. The second-order valence-electron chi connectivity index (χ2n) is 4.56. The summed E-state index contributed by atoms with van der Waals surface area (Å²) in [5.41, 5.74) is 0.736. The van der Waals surface area contributed by atoms with Crippen molar-refractivity contribution in [2.75, 3.05) is 31.7 Å². The predicted molar refractivity (Wildman–Crippen MR) is 68.6 cm³/mol. The molecular formula is C12H18N4O3. The molecule has 1 aromatic rings. The Bertz CT molecular complexity index is 471. The fourth-order valence-corrected chi connectivity index (χ4v) is 2.10. The maximum Gasteiger partial charge on any atom is 0.227 e. The second-order valence-corrected chi connectivity index (χ2v) is 4.56. The van der Waals surface area contributed by atoms with Crippen molar-refractivity contribution in [3.05, 3.63) is 12.4 Å². The van der Waals surface area contributed by atoms with Gasteiger partial charge >= 0.3 is 0 Å². The molecule has 1 aromatic heterocycles. The average molecular weight is 266 g/mol. The maximum atomic E-state index is 11.9. The van der Waals surface area contributed by atoms with Crippen LogP contribution in [0.2, 0.25) is 0 Å². The third-order valence-corrected chi connectivity index (χ3v) is 3.10. The van der Waals surface area contributed by atoms with Crippen LogP contribution in [0.25, 0.3) is 0 Å². The summed E-state index contributed by atoms with van der Waals surface area (Å²) >= 11 is 0. The summed E-state index contributed by atoms with van der Waals surface area (Å²) < 4.78 is 6.50. The third-order valence-electron chi connectivity index (χ3n) is 3.10. The minimum atomic E-state index is -0.301. The van der Waals surface area contributed by atoms with Crippen molar-refractivity contribution < 1.29 is 14.3 Å². The summed E-state index contributed by atoms with van der Waals surface area (Å²) in [4.78, 5) is 25.4. The van der Waals surface area contributed by atoms with Crippen LogP contribution in [0, 0.1) is 5.92 Å². The van der Waals surface area contributed by atoms with Crippen molar-refractivity contribution in [3.63, 3.8) is 0 Å². The SMILES string of the molecule is COCCNC(=O)[C@H]1CC(=O)N(c2cnn(C)c2)C1. The molecule has 1 saturated heterocycles. The summed E-state index contributed by atoms with van der Waals surface area (Å²) in [7, 11) is 3.37. The molecule has 1 atom stereocenters. The van der Waals surface area contributed by atoms with Crippen molar-refractivity contribution in [2.45, 2.75) is 6.42 Å². The van der Waals surface area contributed by atoms with Crippen molar-refractivity contribution in [2.24, 2.45) is 13.0 Å². The van der Waals surface area contributed by atoms with Crippen LogP contribution in [0.1, 0.15) is 6.42 Å². The molecule has 7 heteroatoms. The zero-order valence-electron chi connectivity index (χ0n) is 11.1. The normalized spacial score (nSPS) is 18.9. The van der Waals surface area contributed by atoms with Gasteiger partial charge in [0.25, 0.3) is 0 Å². The van der Waals surface area contributed by atoms with E-state index < -0.39 is 0 Å². The first-order chi connectivity index (χ1) is 9.11. The molecule has 1 aliphatic rings. The number of rotatable bonds is 5. The number of carbonyl (C=O) groups is 2. The Morgan fingerprint density at radius 3 is 3.05 bits per heavy atom. The smallest absolute Gasteiger partial charge is 0.227 e. The molecule has 0 bridgehead atoms. The minimum absolute atomic E-state index is 0.0418. The number of carbonyl (C=O) groups excluding carboxylic acids is 2. The predicted octanol–water partition coefficient (Wildman–Crippen LogP) is -0.464. The fraction of sp³-hybridized carbons (Fsp3) is 0.583. The molecule has 1 fully saturated rings. The Morgan fingerprint density at radius 1 is 1.63 bits per heavy atom. The van der Waals surface area contributed by atoms with Crippen LogP contribution in [0.5, 0.6) is 0 Å². The lowest BCUT2D eigenvalue weighted by molar-refractivity contribution is -0.126. The van der Waals surface area contributed by atoms with E-state index in [1.165, 1.54) is 0 Å². The number of nitrogens with zero attached hydrogens (tertiary/aromatic N) is 3. The van der Waals surface area contributed by atoms with Crippen LogP contribution in [0.3, 0.4) is 0 Å². The molecule has 0 aromatic carbocycles. The molecule has 104 valence electrons. The van der Waals surface area contributed by atoms with Gasteiger partial charge in [0.15, 0.2) is 0 Å². The molecule has 0 aliphatic carbocycles. The van der Waals surface area contributed by atoms with E-state index in [9.17, 15) is 9.59 Å². The third kappa shape index (κ3) is 3.11. The van der Waals surface area contributed by atoms with Crippen LogP contribution in [-0.2, 0) is 21.4 Å². The summed E-state index contributed by atoms with van der Waals surface area (Å²) in [6.07, 6.45) is 3.64. The van der Waals surface area contributed by atoms with Crippen molar-refractivity contribution in [1.29, 1.82) is 0 Å². The molecule has 19 heavy (non-hydrogen) atoms. The number of nitrogens with one attached hydrogen (secondary N) is 1. The summed E-state index contributed by atoms with van der Waals surface area (Å²) in [5.74, 6) is -0.443. The number of ether oxygens (including phenoxy) is 1. The second kappa shape index (κ2) is 5.83. The first kappa shape index (κ1) is 13.5. The molecular weight excluding hydrogens is 248 g/mol. The van der Waals surface area contributed by atoms with Crippen LogP contribution in [0.4, 0.5) is 5.69 Å². The Labute approximate surface area is 111 Å². The lowest BCUT2D eigenvalue weighted by Crippen LogP contribution is -2.34. The van der Waals surface area contributed by atoms with Gasteiger partial charge in [0, 0.05) is 39.9 Å². The lowest BCUT2D eigenvalue weighted by atomic mass is 10.1. The van der Waals surface area contributed by atoms with Gasteiger partial charge < -0.3 is 15.0 Å². The van der Waals surface area contributed by atoms with Crippen LogP contribution < -0.4 is 10.2 Å². The Balaban J connectivity index is 1.93. The maximum absolute atomic E-state index is 11.9.